The topological polar surface area (TPSA) is 28.5 Å². The predicted octanol–water partition coefficient (Wildman–Crippen LogP) is 4.12. The van der Waals surface area contributed by atoms with Gasteiger partial charge in [-0.3, -0.25) is 9.98 Å². The van der Waals surface area contributed by atoms with Crippen LogP contribution in [0.15, 0.2) is 46.9 Å². The number of nitrogens with zero attached hydrogens (tertiary/aromatic N) is 3. The van der Waals surface area contributed by atoms with E-state index in [1.807, 2.05) is 35.4 Å². The van der Waals surface area contributed by atoms with Crippen molar-refractivity contribution in [2.75, 3.05) is 5.75 Å². The summed E-state index contributed by atoms with van der Waals surface area (Å²) in [6.45, 7) is 2.27. The number of pyridine rings is 1. The van der Waals surface area contributed by atoms with Crippen LogP contribution in [0.2, 0.25) is 0 Å². The summed E-state index contributed by atoms with van der Waals surface area (Å²) < 4.78 is 0. The number of rotatable bonds is 3. The number of hydrogen-bond acceptors (Lipinski definition) is 5. The third-order valence-corrected chi connectivity index (χ3v) is 6.23. The van der Waals surface area contributed by atoms with Gasteiger partial charge in [0, 0.05) is 22.9 Å². The van der Waals surface area contributed by atoms with Crippen molar-refractivity contribution < 1.29 is 0 Å². The van der Waals surface area contributed by atoms with E-state index in [0.717, 1.165) is 11.4 Å². The van der Waals surface area contributed by atoms with Crippen LogP contribution in [0.1, 0.15) is 36.0 Å². The highest BCUT2D eigenvalue weighted by atomic mass is 32.2. The zero-order valence-electron chi connectivity index (χ0n) is 11.8. The molecule has 0 aliphatic carbocycles. The Hall–Kier alpha value is -1.33. The van der Waals surface area contributed by atoms with Gasteiger partial charge in [-0.1, -0.05) is 30.8 Å². The maximum absolute atomic E-state index is 5.01. The molecule has 3 nitrogen and oxygen atoms in total. The monoisotopic (exact) mass is 315 g/mol. The van der Waals surface area contributed by atoms with Gasteiger partial charge in [0.1, 0.15) is 6.04 Å². The second-order valence-electron chi connectivity index (χ2n) is 5.35. The highest BCUT2D eigenvalue weighted by Gasteiger charge is 2.45. The Morgan fingerprint density at radius 1 is 1.29 bits per heavy atom. The van der Waals surface area contributed by atoms with Gasteiger partial charge in [-0.25, -0.2) is 0 Å². The van der Waals surface area contributed by atoms with E-state index in [0.29, 0.717) is 12.1 Å². The van der Waals surface area contributed by atoms with Crippen molar-refractivity contribution in [3.8, 4) is 0 Å². The molecule has 0 spiro atoms. The molecular weight excluding hydrogens is 298 g/mol. The maximum Gasteiger partial charge on any atom is 0.160 e. The molecule has 0 bridgehead atoms. The highest BCUT2D eigenvalue weighted by Crippen LogP contribution is 2.49. The van der Waals surface area contributed by atoms with E-state index >= 15 is 0 Å². The summed E-state index contributed by atoms with van der Waals surface area (Å²) in [7, 11) is 0. The molecule has 0 saturated carbocycles. The number of fused-ring (bicyclic) bond motifs is 1. The van der Waals surface area contributed by atoms with E-state index < -0.39 is 0 Å². The first-order valence-electron chi connectivity index (χ1n) is 7.31. The molecule has 3 atom stereocenters. The minimum atomic E-state index is 0.127. The molecule has 0 amide bonds. The summed E-state index contributed by atoms with van der Waals surface area (Å²) in [6.07, 6.45) is 3.04. The van der Waals surface area contributed by atoms with Crippen LogP contribution in [-0.2, 0) is 0 Å². The van der Waals surface area contributed by atoms with Crippen LogP contribution in [-0.4, -0.2) is 26.8 Å². The zero-order chi connectivity index (χ0) is 14.2. The van der Waals surface area contributed by atoms with Crippen molar-refractivity contribution in [3.63, 3.8) is 0 Å². The summed E-state index contributed by atoms with van der Waals surface area (Å²) in [6, 6.07) is 11.5. The lowest BCUT2D eigenvalue weighted by molar-refractivity contribution is 0.258. The molecule has 0 N–H and O–H groups in total. The molecular formula is C16H17N3S2. The Balaban J connectivity index is 1.78. The molecule has 2 aromatic heterocycles. The van der Waals surface area contributed by atoms with Crippen molar-refractivity contribution in [1.82, 2.24) is 9.88 Å². The van der Waals surface area contributed by atoms with Gasteiger partial charge >= 0.3 is 0 Å². The van der Waals surface area contributed by atoms with Crippen molar-refractivity contribution >= 4 is 28.3 Å². The second kappa shape index (κ2) is 5.46. The number of hydrogen-bond donors (Lipinski definition) is 0. The minimum absolute atomic E-state index is 0.127. The fraction of sp³-hybridized carbons (Fsp3) is 0.375. The van der Waals surface area contributed by atoms with Crippen LogP contribution in [0.3, 0.4) is 0 Å². The van der Waals surface area contributed by atoms with Gasteiger partial charge < -0.3 is 4.90 Å². The first kappa shape index (κ1) is 13.3. The molecule has 2 aliphatic rings. The average Bonchev–Trinajstić information content (AvgIpc) is 3.23. The molecule has 4 heterocycles. The summed E-state index contributed by atoms with van der Waals surface area (Å²) in [4.78, 5) is 13.5. The van der Waals surface area contributed by atoms with Crippen LogP contribution in [0.4, 0.5) is 0 Å². The standard InChI is InChI=1S/C16H17N3S2/c1-2-11-10-21-16-18-14(12-6-3-4-8-17-12)15(19(11)16)13-7-5-9-20-13/h3-9,11,14-15H,2,10H2,1H3/t11-,14-,15+/m1/s1. The molecule has 2 aliphatic heterocycles. The molecule has 108 valence electrons. The smallest absolute Gasteiger partial charge is 0.160 e. The minimum Gasteiger partial charge on any atom is -0.337 e. The van der Waals surface area contributed by atoms with E-state index in [9.17, 15) is 0 Å². The van der Waals surface area contributed by atoms with Gasteiger partial charge in [0.05, 0.1) is 11.7 Å². The quantitative estimate of drug-likeness (QED) is 0.853. The Bertz CT molecular complexity index is 639. The van der Waals surface area contributed by atoms with Crippen molar-refractivity contribution in [2.24, 2.45) is 4.99 Å². The van der Waals surface area contributed by atoms with Crippen LogP contribution in [0.25, 0.3) is 0 Å². The number of thiophene rings is 1. The van der Waals surface area contributed by atoms with Crippen molar-refractivity contribution in [2.45, 2.75) is 31.5 Å². The summed E-state index contributed by atoms with van der Waals surface area (Å²) in [5.41, 5.74) is 1.08. The van der Waals surface area contributed by atoms with Gasteiger partial charge in [0.15, 0.2) is 5.17 Å². The number of aromatic nitrogens is 1. The van der Waals surface area contributed by atoms with Gasteiger partial charge in [-0.15, -0.1) is 11.3 Å². The fourth-order valence-corrected chi connectivity index (χ4v) is 5.31. The molecule has 4 rings (SSSR count). The molecule has 0 aromatic carbocycles. The van der Waals surface area contributed by atoms with Gasteiger partial charge in [0.2, 0.25) is 0 Å². The average molecular weight is 315 g/mol. The lowest BCUT2D eigenvalue weighted by atomic mass is 10.0. The second-order valence-corrected chi connectivity index (χ2v) is 7.32. The fourth-order valence-electron chi connectivity index (χ4n) is 3.12. The lowest BCUT2D eigenvalue weighted by Gasteiger charge is -2.30. The van der Waals surface area contributed by atoms with E-state index in [-0.39, 0.29) is 6.04 Å². The normalized spacial score (nSPS) is 27.8. The summed E-state index contributed by atoms with van der Waals surface area (Å²) in [5.74, 6) is 1.16. The Morgan fingerprint density at radius 2 is 2.24 bits per heavy atom. The molecule has 21 heavy (non-hydrogen) atoms. The predicted molar refractivity (Wildman–Crippen MR) is 89.8 cm³/mol. The number of amidine groups is 1. The SMILES string of the molecule is CC[C@@H]1CSC2=N[C@H](c3ccccn3)[C@H](c3cccs3)N21. The first-order valence-corrected chi connectivity index (χ1v) is 9.18. The van der Waals surface area contributed by atoms with E-state index in [2.05, 4.69) is 46.5 Å². The van der Waals surface area contributed by atoms with Crippen molar-refractivity contribution in [3.05, 3.63) is 52.5 Å². The third kappa shape index (κ3) is 2.19. The van der Waals surface area contributed by atoms with Gasteiger partial charge in [-0.2, -0.15) is 0 Å². The van der Waals surface area contributed by atoms with Crippen molar-refractivity contribution in [1.29, 1.82) is 0 Å². The molecule has 1 fully saturated rings. The zero-order valence-corrected chi connectivity index (χ0v) is 13.5. The molecule has 5 heteroatoms. The van der Waals surface area contributed by atoms with Crippen LogP contribution >= 0.6 is 23.1 Å². The molecule has 0 radical (unpaired) electrons. The Labute approximate surface area is 133 Å². The summed E-state index contributed by atoms with van der Waals surface area (Å²) in [5, 5.41) is 3.36. The molecule has 0 unspecified atom stereocenters. The van der Waals surface area contributed by atoms with E-state index in [1.165, 1.54) is 16.5 Å². The third-order valence-electron chi connectivity index (χ3n) is 4.16. The van der Waals surface area contributed by atoms with E-state index in [1.54, 1.807) is 0 Å². The lowest BCUT2D eigenvalue weighted by Crippen LogP contribution is -2.34. The van der Waals surface area contributed by atoms with E-state index in [4.69, 9.17) is 4.99 Å². The van der Waals surface area contributed by atoms with Crippen LogP contribution < -0.4 is 0 Å². The number of aliphatic imine (C=N–C) groups is 1. The van der Waals surface area contributed by atoms with Gasteiger partial charge in [-0.05, 0) is 30.0 Å². The summed E-state index contributed by atoms with van der Waals surface area (Å²) >= 11 is 3.73. The van der Waals surface area contributed by atoms with Crippen LogP contribution in [0.5, 0.6) is 0 Å². The largest absolute Gasteiger partial charge is 0.337 e. The first-order chi connectivity index (χ1) is 10.4. The highest BCUT2D eigenvalue weighted by molar-refractivity contribution is 8.14. The Morgan fingerprint density at radius 3 is 2.95 bits per heavy atom. The Kier molecular flexibility index (Phi) is 3.47. The maximum atomic E-state index is 5.01. The van der Waals surface area contributed by atoms with Gasteiger partial charge in [0.25, 0.3) is 0 Å². The molecule has 1 saturated heterocycles. The number of thioether (sulfide) groups is 1. The molecule has 2 aromatic rings. The van der Waals surface area contributed by atoms with Crippen LogP contribution in [0, 0.1) is 0 Å².